The van der Waals surface area contributed by atoms with E-state index in [4.69, 9.17) is 16.3 Å². The number of nitrogens with zero attached hydrogens (tertiary/aromatic N) is 3. The molecular weight excluding hydrogens is 238 g/mol. The molecule has 1 fully saturated rings. The maximum atomic E-state index is 5.85. The van der Waals surface area contributed by atoms with Crippen LogP contribution in [0.3, 0.4) is 0 Å². The molecule has 0 saturated carbocycles. The molecule has 0 aromatic carbocycles. The van der Waals surface area contributed by atoms with E-state index >= 15 is 0 Å². The Bertz CT molecular complexity index is 379. The molecule has 94 valence electrons. The van der Waals surface area contributed by atoms with Crippen molar-refractivity contribution in [3.8, 4) is 0 Å². The minimum absolute atomic E-state index is 0.0669. The van der Waals surface area contributed by atoms with Gasteiger partial charge >= 0.3 is 0 Å². The smallest absolute Gasteiger partial charge is 0.226 e. The Kier molecular flexibility index (Phi) is 3.84. The summed E-state index contributed by atoms with van der Waals surface area (Å²) in [5.41, 5.74) is 1.99. The Hall–Kier alpha value is -0.870. The predicted molar refractivity (Wildman–Crippen MR) is 68.8 cm³/mol. The van der Waals surface area contributed by atoms with Crippen molar-refractivity contribution < 1.29 is 4.74 Å². The number of hydrogen-bond acceptors (Lipinski definition) is 4. The highest BCUT2D eigenvalue weighted by Gasteiger charge is 2.27. The van der Waals surface area contributed by atoms with E-state index in [1.54, 1.807) is 0 Å². The highest BCUT2D eigenvalue weighted by atomic mass is 35.5. The minimum atomic E-state index is 0.0669. The van der Waals surface area contributed by atoms with Crippen molar-refractivity contribution in [1.29, 1.82) is 0 Å². The molecule has 1 aliphatic heterocycles. The zero-order chi connectivity index (χ0) is 12.4. The summed E-state index contributed by atoms with van der Waals surface area (Å²) >= 11 is 5.85. The maximum absolute atomic E-state index is 5.85. The summed E-state index contributed by atoms with van der Waals surface area (Å²) in [4.78, 5) is 11.2. The van der Waals surface area contributed by atoms with E-state index < -0.39 is 0 Å². The second-order valence-corrected chi connectivity index (χ2v) is 4.87. The van der Waals surface area contributed by atoms with Crippen molar-refractivity contribution in [2.45, 2.75) is 32.9 Å². The molecule has 1 aliphatic rings. The number of alkyl halides is 1. The van der Waals surface area contributed by atoms with Crippen molar-refractivity contribution in [2.75, 3.05) is 23.9 Å². The topological polar surface area (TPSA) is 38.2 Å². The van der Waals surface area contributed by atoms with E-state index in [1.165, 1.54) is 0 Å². The van der Waals surface area contributed by atoms with Crippen LogP contribution in [0, 0.1) is 13.8 Å². The van der Waals surface area contributed by atoms with E-state index in [-0.39, 0.29) is 12.1 Å². The lowest BCUT2D eigenvalue weighted by molar-refractivity contribution is 0.0357. The van der Waals surface area contributed by atoms with Crippen molar-refractivity contribution in [2.24, 2.45) is 0 Å². The highest BCUT2D eigenvalue weighted by molar-refractivity contribution is 6.18. The second kappa shape index (κ2) is 5.19. The molecule has 17 heavy (non-hydrogen) atoms. The fourth-order valence-corrected chi connectivity index (χ4v) is 2.21. The summed E-state index contributed by atoms with van der Waals surface area (Å²) in [6.45, 7) is 7.53. The number of ether oxygens (including phenoxy) is 1. The highest BCUT2D eigenvalue weighted by Crippen LogP contribution is 2.19. The van der Waals surface area contributed by atoms with Gasteiger partial charge in [0.1, 0.15) is 0 Å². The molecule has 1 saturated heterocycles. The van der Waals surface area contributed by atoms with Gasteiger partial charge in [-0.05, 0) is 26.8 Å². The van der Waals surface area contributed by atoms with E-state index in [2.05, 4.69) is 21.8 Å². The molecule has 0 radical (unpaired) electrons. The van der Waals surface area contributed by atoms with Gasteiger partial charge in [0, 0.05) is 17.9 Å². The monoisotopic (exact) mass is 255 g/mol. The molecule has 2 rings (SSSR count). The molecule has 1 aromatic rings. The summed E-state index contributed by atoms with van der Waals surface area (Å²) in [5.74, 6) is 1.29. The van der Waals surface area contributed by atoms with Gasteiger partial charge in [-0.15, -0.1) is 11.6 Å². The van der Waals surface area contributed by atoms with Gasteiger partial charge in [-0.1, -0.05) is 0 Å². The van der Waals surface area contributed by atoms with Gasteiger partial charge in [0.25, 0.3) is 0 Å². The fraction of sp³-hybridized carbons (Fsp3) is 0.667. The van der Waals surface area contributed by atoms with Crippen LogP contribution in [0.4, 0.5) is 5.95 Å². The van der Waals surface area contributed by atoms with Crippen molar-refractivity contribution in [1.82, 2.24) is 9.97 Å². The molecule has 0 bridgehead atoms. The van der Waals surface area contributed by atoms with E-state index in [0.29, 0.717) is 12.5 Å². The summed E-state index contributed by atoms with van der Waals surface area (Å²) in [5, 5.41) is 0. The number of aryl methyl sites for hydroxylation is 2. The zero-order valence-electron chi connectivity index (χ0n) is 10.5. The van der Waals surface area contributed by atoms with Crippen LogP contribution in [0.1, 0.15) is 18.3 Å². The molecule has 2 heterocycles. The number of hydrogen-bond donors (Lipinski definition) is 0. The van der Waals surface area contributed by atoms with Gasteiger partial charge in [-0.25, -0.2) is 9.97 Å². The molecular formula is C12H18ClN3O. The third kappa shape index (κ3) is 2.87. The normalized spacial score (nSPS) is 25.1. The molecule has 5 heteroatoms. The Balaban J connectivity index is 2.24. The molecule has 0 spiro atoms. The number of anilines is 1. The van der Waals surface area contributed by atoms with Crippen LogP contribution in [0.15, 0.2) is 6.07 Å². The fourth-order valence-electron chi connectivity index (χ4n) is 2.03. The van der Waals surface area contributed by atoms with Crippen LogP contribution in [0.25, 0.3) is 0 Å². The third-order valence-corrected chi connectivity index (χ3v) is 3.25. The maximum Gasteiger partial charge on any atom is 0.226 e. The average Bonchev–Trinajstić information content (AvgIpc) is 2.28. The summed E-state index contributed by atoms with van der Waals surface area (Å²) in [6.07, 6.45) is 0.0669. The van der Waals surface area contributed by atoms with Crippen molar-refractivity contribution >= 4 is 17.5 Å². The quantitative estimate of drug-likeness (QED) is 0.757. The molecule has 4 nitrogen and oxygen atoms in total. The Morgan fingerprint density at radius 2 is 2.06 bits per heavy atom. The van der Waals surface area contributed by atoms with Crippen LogP contribution in [-0.2, 0) is 4.74 Å². The minimum Gasteiger partial charge on any atom is -0.373 e. The number of morpholine rings is 1. The first-order valence-electron chi connectivity index (χ1n) is 5.86. The predicted octanol–water partition coefficient (Wildman–Crippen LogP) is 1.93. The Morgan fingerprint density at radius 1 is 1.41 bits per heavy atom. The van der Waals surface area contributed by atoms with Gasteiger partial charge in [0.05, 0.1) is 24.6 Å². The molecule has 1 aromatic heterocycles. The van der Waals surface area contributed by atoms with Crippen LogP contribution < -0.4 is 4.90 Å². The largest absolute Gasteiger partial charge is 0.373 e. The molecule has 2 unspecified atom stereocenters. The SMILES string of the molecule is Cc1cc(C)nc(N2CC(CCl)OCC2C)n1. The number of rotatable bonds is 2. The first-order chi connectivity index (χ1) is 8.10. The van der Waals surface area contributed by atoms with E-state index in [9.17, 15) is 0 Å². The second-order valence-electron chi connectivity index (χ2n) is 4.56. The first-order valence-corrected chi connectivity index (χ1v) is 6.40. The molecule has 2 atom stereocenters. The summed E-state index contributed by atoms with van der Waals surface area (Å²) in [7, 11) is 0. The van der Waals surface area contributed by atoms with Crippen LogP contribution in [-0.4, -0.2) is 41.1 Å². The lowest BCUT2D eigenvalue weighted by Crippen LogP contribution is -2.49. The van der Waals surface area contributed by atoms with Crippen LogP contribution in [0.5, 0.6) is 0 Å². The van der Waals surface area contributed by atoms with Gasteiger partial charge in [0.15, 0.2) is 0 Å². The lowest BCUT2D eigenvalue weighted by Gasteiger charge is -2.37. The van der Waals surface area contributed by atoms with Crippen LogP contribution >= 0.6 is 11.6 Å². The standard InChI is InChI=1S/C12H18ClN3O/c1-8-4-9(2)15-12(14-8)16-6-11(5-13)17-7-10(16)3/h4,10-11H,5-7H2,1-3H3. The zero-order valence-corrected chi connectivity index (χ0v) is 11.2. The number of halogens is 1. The first kappa shape index (κ1) is 12.6. The average molecular weight is 256 g/mol. The Morgan fingerprint density at radius 3 is 2.65 bits per heavy atom. The molecule has 0 N–H and O–H groups in total. The van der Waals surface area contributed by atoms with Crippen LogP contribution in [0.2, 0.25) is 0 Å². The van der Waals surface area contributed by atoms with Crippen molar-refractivity contribution in [3.05, 3.63) is 17.5 Å². The lowest BCUT2D eigenvalue weighted by atomic mass is 10.2. The Labute approximate surface area is 107 Å². The van der Waals surface area contributed by atoms with Gasteiger partial charge < -0.3 is 9.64 Å². The van der Waals surface area contributed by atoms with E-state index in [1.807, 2.05) is 19.9 Å². The summed E-state index contributed by atoms with van der Waals surface area (Å²) < 4.78 is 5.62. The van der Waals surface area contributed by atoms with Gasteiger partial charge in [-0.3, -0.25) is 0 Å². The van der Waals surface area contributed by atoms with Crippen molar-refractivity contribution in [3.63, 3.8) is 0 Å². The molecule has 0 amide bonds. The summed E-state index contributed by atoms with van der Waals surface area (Å²) in [6, 6.07) is 2.27. The van der Waals surface area contributed by atoms with Gasteiger partial charge in [0.2, 0.25) is 5.95 Å². The number of aromatic nitrogens is 2. The third-order valence-electron chi connectivity index (χ3n) is 2.90. The van der Waals surface area contributed by atoms with E-state index in [0.717, 1.165) is 23.9 Å². The molecule has 0 aliphatic carbocycles. The van der Waals surface area contributed by atoms with Gasteiger partial charge in [-0.2, -0.15) is 0 Å².